The summed E-state index contributed by atoms with van der Waals surface area (Å²) < 4.78 is 31.8. The highest BCUT2D eigenvalue weighted by Gasteiger charge is 2.14. The van der Waals surface area contributed by atoms with E-state index in [1.54, 1.807) is 32.9 Å². The third-order valence-electron chi connectivity index (χ3n) is 6.62. The number of nitrogens with zero attached hydrogens (tertiary/aromatic N) is 1. The van der Waals surface area contributed by atoms with Crippen LogP contribution in [0, 0.1) is 0 Å². The molecule has 9 nitrogen and oxygen atoms in total. The Morgan fingerprint density at radius 2 is 1.24 bits per heavy atom. The largest absolute Gasteiger partial charge is 0.392 e. The minimum absolute atomic E-state index is 0.0610. The van der Waals surface area contributed by atoms with Crippen molar-refractivity contribution in [1.29, 1.82) is 0 Å². The van der Waals surface area contributed by atoms with Crippen LogP contribution in [0.3, 0.4) is 0 Å². The number of hydrogen-bond acceptors (Lipinski definition) is 8. The smallest absolute Gasteiger partial charge is 0.294 e. The first kappa shape index (κ1) is 39.9. The monoisotopic (exact) mass is 603 g/mol. The molecule has 1 aromatic rings. The standard InChI is InChI=1S/C18H30O3S.C13H31N3O3/c1-2-3-4-5-6-7-8-9-10-11-14-17-15-12-13-16-18(17)22(19,20)21;1-11(17)8-15-5-4-14-6-7-16(9-12(2)18)10-13(3)19/h12-13,15-16H,2-11,14H2,1H3,(H,19,20,21);11-15,17-19H,4-10H2,1-3H3. The molecule has 242 valence electrons. The van der Waals surface area contributed by atoms with Gasteiger partial charge in [0.15, 0.2) is 0 Å². The summed E-state index contributed by atoms with van der Waals surface area (Å²) in [7, 11) is -4.10. The molecule has 0 heterocycles. The Bertz CT molecular complexity index is 827. The molecule has 0 radical (unpaired) electrons. The van der Waals surface area contributed by atoms with Crippen LogP contribution in [0.25, 0.3) is 0 Å². The first-order chi connectivity index (χ1) is 19.5. The van der Waals surface area contributed by atoms with Crippen molar-refractivity contribution in [3.05, 3.63) is 29.8 Å². The normalized spacial score (nSPS) is 14.0. The molecule has 1 rings (SSSR count). The van der Waals surface area contributed by atoms with E-state index >= 15 is 0 Å². The van der Waals surface area contributed by atoms with Gasteiger partial charge in [0.05, 0.1) is 23.2 Å². The van der Waals surface area contributed by atoms with E-state index in [1.165, 1.54) is 57.4 Å². The van der Waals surface area contributed by atoms with Crippen LogP contribution in [-0.2, 0) is 16.5 Å². The van der Waals surface area contributed by atoms with Gasteiger partial charge in [-0.05, 0) is 45.2 Å². The molecule has 0 saturated heterocycles. The van der Waals surface area contributed by atoms with E-state index in [9.17, 15) is 23.2 Å². The van der Waals surface area contributed by atoms with Gasteiger partial charge in [-0.1, -0.05) is 82.9 Å². The molecule has 0 aromatic heterocycles. The molecule has 0 aliphatic carbocycles. The Hall–Kier alpha value is -1.11. The number of nitrogens with one attached hydrogen (secondary N) is 2. The molecule has 1 aromatic carbocycles. The maximum Gasteiger partial charge on any atom is 0.294 e. The predicted octanol–water partition coefficient (Wildman–Crippen LogP) is 4.01. The topological polar surface area (TPSA) is 142 Å². The number of aryl methyl sites for hydroxylation is 1. The lowest BCUT2D eigenvalue weighted by Gasteiger charge is -2.25. The van der Waals surface area contributed by atoms with Gasteiger partial charge in [0.25, 0.3) is 10.1 Å². The third-order valence-corrected chi connectivity index (χ3v) is 7.57. The first-order valence-electron chi connectivity index (χ1n) is 15.7. The summed E-state index contributed by atoms with van der Waals surface area (Å²) in [4.78, 5) is 2.11. The molecule has 0 bridgehead atoms. The fourth-order valence-corrected chi connectivity index (χ4v) is 5.37. The SMILES string of the molecule is CC(O)CNCCNCCN(CC(C)O)CC(C)O.CCCCCCCCCCCCc1ccccc1S(=O)(=O)O. The number of benzene rings is 1. The number of hydrogen-bond donors (Lipinski definition) is 6. The van der Waals surface area contributed by atoms with Gasteiger partial charge in [-0.25, -0.2) is 0 Å². The lowest BCUT2D eigenvalue weighted by atomic mass is 10.0. The average molecular weight is 604 g/mol. The van der Waals surface area contributed by atoms with Crippen molar-refractivity contribution in [1.82, 2.24) is 15.5 Å². The van der Waals surface area contributed by atoms with Crippen LogP contribution in [0.2, 0.25) is 0 Å². The zero-order valence-electron chi connectivity index (χ0n) is 26.2. The quantitative estimate of drug-likeness (QED) is 0.0763. The van der Waals surface area contributed by atoms with E-state index in [0.29, 0.717) is 26.1 Å². The van der Waals surface area contributed by atoms with Gasteiger partial charge in [0.1, 0.15) is 0 Å². The lowest BCUT2D eigenvalue weighted by Crippen LogP contribution is -2.41. The van der Waals surface area contributed by atoms with Gasteiger partial charge in [-0.2, -0.15) is 8.42 Å². The molecule has 41 heavy (non-hydrogen) atoms. The van der Waals surface area contributed by atoms with Crippen LogP contribution >= 0.6 is 0 Å². The van der Waals surface area contributed by atoms with Crippen molar-refractivity contribution >= 4 is 10.1 Å². The highest BCUT2D eigenvalue weighted by Crippen LogP contribution is 2.18. The van der Waals surface area contributed by atoms with Gasteiger partial charge < -0.3 is 26.0 Å². The van der Waals surface area contributed by atoms with Gasteiger partial charge in [-0.15, -0.1) is 0 Å². The Morgan fingerprint density at radius 3 is 1.76 bits per heavy atom. The van der Waals surface area contributed by atoms with Crippen molar-refractivity contribution in [3.63, 3.8) is 0 Å². The molecule has 0 fully saturated rings. The van der Waals surface area contributed by atoms with Gasteiger partial charge >= 0.3 is 0 Å². The number of aliphatic hydroxyl groups excluding tert-OH is 3. The molecule has 6 N–H and O–H groups in total. The summed E-state index contributed by atoms with van der Waals surface area (Å²) in [6.07, 6.45) is 12.2. The first-order valence-corrected chi connectivity index (χ1v) is 17.1. The molecular weight excluding hydrogens is 542 g/mol. The Balaban J connectivity index is 0.000000790. The minimum atomic E-state index is -4.10. The van der Waals surface area contributed by atoms with Crippen LogP contribution in [-0.4, -0.2) is 97.3 Å². The van der Waals surface area contributed by atoms with Gasteiger partial charge in [0, 0.05) is 45.8 Å². The van der Waals surface area contributed by atoms with Crippen LogP contribution in [0.4, 0.5) is 0 Å². The third kappa shape index (κ3) is 25.1. The fraction of sp³-hybridized carbons (Fsp3) is 0.806. The summed E-state index contributed by atoms with van der Waals surface area (Å²) in [6.45, 7) is 12.5. The van der Waals surface area contributed by atoms with Crippen molar-refractivity contribution in [2.75, 3.05) is 45.8 Å². The second kappa shape index (κ2) is 25.4. The van der Waals surface area contributed by atoms with Crippen LogP contribution in [0.15, 0.2) is 29.2 Å². The average Bonchev–Trinajstić information content (AvgIpc) is 2.88. The van der Waals surface area contributed by atoms with Crippen LogP contribution in [0.1, 0.15) is 97.5 Å². The molecular formula is C31H61N3O6S. The van der Waals surface area contributed by atoms with Crippen molar-refractivity contribution in [2.45, 2.75) is 122 Å². The maximum atomic E-state index is 11.3. The number of aliphatic hydroxyl groups is 3. The molecule has 0 amide bonds. The molecule has 10 heteroatoms. The fourth-order valence-electron chi connectivity index (χ4n) is 4.62. The molecule has 3 unspecified atom stereocenters. The van der Waals surface area contributed by atoms with E-state index in [1.807, 2.05) is 11.0 Å². The summed E-state index contributed by atoms with van der Waals surface area (Å²) in [6, 6.07) is 6.73. The second-order valence-electron chi connectivity index (χ2n) is 11.3. The van der Waals surface area contributed by atoms with Gasteiger partial charge in [-0.3, -0.25) is 9.45 Å². The number of unbranched alkanes of at least 4 members (excludes halogenated alkanes) is 9. The molecule has 3 atom stereocenters. The molecule has 0 spiro atoms. The summed E-state index contributed by atoms with van der Waals surface area (Å²) in [5.74, 6) is 0. The Labute approximate surface area is 250 Å². The van der Waals surface area contributed by atoms with E-state index in [4.69, 9.17) is 5.11 Å². The zero-order chi connectivity index (χ0) is 30.9. The highest BCUT2D eigenvalue weighted by molar-refractivity contribution is 7.85. The maximum absolute atomic E-state index is 11.3. The van der Waals surface area contributed by atoms with E-state index in [2.05, 4.69) is 17.6 Å². The van der Waals surface area contributed by atoms with Crippen LogP contribution in [0.5, 0.6) is 0 Å². The Kier molecular flexibility index (Phi) is 24.7. The van der Waals surface area contributed by atoms with E-state index in [-0.39, 0.29) is 23.2 Å². The van der Waals surface area contributed by atoms with E-state index in [0.717, 1.165) is 44.6 Å². The van der Waals surface area contributed by atoms with Crippen LogP contribution < -0.4 is 10.6 Å². The summed E-state index contributed by atoms with van der Waals surface area (Å²) in [5.41, 5.74) is 0.726. The number of rotatable bonds is 24. The highest BCUT2D eigenvalue weighted by atomic mass is 32.2. The predicted molar refractivity (Wildman–Crippen MR) is 169 cm³/mol. The van der Waals surface area contributed by atoms with Crippen molar-refractivity contribution in [3.8, 4) is 0 Å². The summed E-state index contributed by atoms with van der Waals surface area (Å²) in [5, 5.41) is 34.2. The lowest BCUT2D eigenvalue weighted by molar-refractivity contribution is 0.0842. The van der Waals surface area contributed by atoms with Gasteiger partial charge in [0.2, 0.25) is 0 Å². The Morgan fingerprint density at radius 1 is 0.732 bits per heavy atom. The zero-order valence-corrected chi connectivity index (χ0v) is 27.0. The minimum Gasteiger partial charge on any atom is -0.392 e. The van der Waals surface area contributed by atoms with Crippen molar-refractivity contribution in [2.24, 2.45) is 0 Å². The summed E-state index contributed by atoms with van der Waals surface area (Å²) >= 11 is 0. The molecule has 0 aliphatic heterocycles. The van der Waals surface area contributed by atoms with Crippen molar-refractivity contribution < 1.29 is 28.3 Å². The molecule has 0 aliphatic rings. The second-order valence-corrected chi connectivity index (χ2v) is 12.7. The van der Waals surface area contributed by atoms with E-state index < -0.39 is 10.1 Å². The molecule has 0 saturated carbocycles.